The number of amides is 1. The van der Waals surface area contributed by atoms with Crippen molar-refractivity contribution in [2.75, 3.05) is 5.32 Å². The van der Waals surface area contributed by atoms with Crippen LogP contribution in [0.15, 0.2) is 28.8 Å². The van der Waals surface area contributed by atoms with E-state index >= 15 is 0 Å². The van der Waals surface area contributed by atoms with Gasteiger partial charge < -0.3 is 14.6 Å². The van der Waals surface area contributed by atoms with Gasteiger partial charge in [-0.3, -0.25) is 4.79 Å². The first kappa shape index (κ1) is 13.1. The highest BCUT2D eigenvalue weighted by atomic mass is 16.5. The Kier molecular flexibility index (Phi) is 3.79. The van der Waals surface area contributed by atoms with Crippen LogP contribution in [0.25, 0.3) is 0 Å². The van der Waals surface area contributed by atoms with E-state index in [2.05, 4.69) is 15.5 Å². The minimum absolute atomic E-state index is 0.108. The summed E-state index contributed by atoms with van der Waals surface area (Å²) in [7, 11) is 0. The summed E-state index contributed by atoms with van der Waals surface area (Å²) in [5.74, 6) is 1.57. The highest BCUT2D eigenvalue weighted by Crippen LogP contribution is 2.22. The van der Waals surface area contributed by atoms with E-state index in [9.17, 15) is 4.79 Å². The molecule has 1 atom stereocenters. The van der Waals surface area contributed by atoms with Crippen molar-refractivity contribution in [3.05, 3.63) is 36.0 Å². The largest absolute Gasteiger partial charge is 0.481 e. The smallest absolute Gasteiger partial charge is 0.267 e. The molecule has 0 saturated carbocycles. The van der Waals surface area contributed by atoms with Crippen LogP contribution in [0.4, 0.5) is 5.69 Å². The number of anilines is 1. The van der Waals surface area contributed by atoms with Crippen molar-refractivity contribution in [2.24, 2.45) is 0 Å². The maximum atomic E-state index is 10.9. The lowest BCUT2D eigenvalue weighted by Crippen LogP contribution is -2.06. The van der Waals surface area contributed by atoms with Crippen molar-refractivity contribution in [1.82, 2.24) is 10.1 Å². The minimum atomic E-state index is -0.326. The number of nitrogens with one attached hydrogen (secondary N) is 1. The molecule has 0 spiro atoms. The maximum absolute atomic E-state index is 10.9. The SMILES string of the molecule is CC(=O)Nc1ccc(O[C@@H](C)c2nc(C)no2)cc1. The molecule has 1 aromatic heterocycles. The Hall–Kier alpha value is -2.37. The van der Waals surface area contributed by atoms with E-state index in [0.717, 1.165) is 5.69 Å². The summed E-state index contributed by atoms with van der Waals surface area (Å²) in [5, 5.41) is 6.40. The number of hydrogen-bond donors (Lipinski definition) is 1. The number of aromatic nitrogens is 2. The molecule has 1 amide bonds. The summed E-state index contributed by atoms with van der Waals surface area (Å²) < 4.78 is 10.7. The second-order valence-corrected chi connectivity index (χ2v) is 4.15. The van der Waals surface area contributed by atoms with Gasteiger partial charge in [-0.15, -0.1) is 0 Å². The van der Waals surface area contributed by atoms with E-state index in [-0.39, 0.29) is 12.0 Å². The van der Waals surface area contributed by atoms with Gasteiger partial charge in [0.1, 0.15) is 5.75 Å². The van der Waals surface area contributed by atoms with Crippen molar-refractivity contribution < 1.29 is 14.1 Å². The molecule has 0 fully saturated rings. The Labute approximate surface area is 110 Å². The molecular formula is C13H15N3O3. The normalized spacial score (nSPS) is 11.9. The number of aryl methyl sites for hydroxylation is 1. The third-order valence-electron chi connectivity index (χ3n) is 2.38. The van der Waals surface area contributed by atoms with Crippen LogP contribution in [-0.2, 0) is 4.79 Å². The summed E-state index contributed by atoms with van der Waals surface area (Å²) in [4.78, 5) is 15.0. The monoisotopic (exact) mass is 261 g/mol. The van der Waals surface area contributed by atoms with E-state index < -0.39 is 0 Å². The first-order valence-corrected chi connectivity index (χ1v) is 5.89. The van der Waals surface area contributed by atoms with Gasteiger partial charge in [0.2, 0.25) is 5.91 Å². The fourth-order valence-corrected chi connectivity index (χ4v) is 1.55. The van der Waals surface area contributed by atoms with Gasteiger partial charge in [0.15, 0.2) is 11.9 Å². The van der Waals surface area contributed by atoms with Crippen LogP contribution in [0.3, 0.4) is 0 Å². The van der Waals surface area contributed by atoms with Crippen molar-refractivity contribution >= 4 is 11.6 Å². The highest BCUT2D eigenvalue weighted by molar-refractivity contribution is 5.88. The fraction of sp³-hybridized carbons (Fsp3) is 0.308. The first-order valence-electron chi connectivity index (χ1n) is 5.89. The summed E-state index contributed by atoms with van der Waals surface area (Å²) in [6, 6.07) is 7.07. The predicted octanol–water partition coefficient (Wildman–Crippen LogP) is 2.48. The van der Waals surface area contributed by atoms with Crippen molar-refractivity contribution in [3.8, 4) is 5.75 Å². The second kappa shape index (κ2) is 5.51. The molecule has 19 heavy (non-hydrogen) atoms. The molecule has 1 heterocycles. The van der Waals surface area contributed by atoms with Crippen molar-refractivity contribution in [1.29, 1.82) is 0 Å². The number of nitrogens with zero attached hydrogens (tertiary/aromatic N) is 2. The van der Waals surface area contributed by atoms with Crippen LogP contribution < -0.4 is 10.1 Å². The standard InChI is InChI=1S/C13H15N3O3/c1-8(13-14-9(2)16-19-13)18-12-6-4-11(5-7-12)15-10(3)17/h4-8H,1-3H3,(H,15,17)/t8-/m0/s1. The van der Waals surface area contributed by atoms with E-state index in [1.54, 1.807) is 31.2 Å². The molecule has 0 radical (unpaired) electrons. The fourth-order valence-electron chi connectivity index (χ4n) is 1.55. The molecule has 1 aromatic carbocycles. The van der Waals surface area contributed by atoms with E-state index in [1.165, 1.54) is 6.92 Å². The summed E-state index contributed by atoms with van der Waals surface area (Å²) in [6.07, 6.45) is -0.326. The van der Waals surface area contributed by atoms with Crippen molar-refractivity contribution in [2.45, 2.75) is 26.9 Å². The molecule has 6 nitrogen and oxygen atoms in total. The van der Waals surface area contributed by atoms with Crippen LogP contribution in [0.1, 0.15) is 31.7 Å². The zero-order valence-electron chi connectivity index (χ0n) is 11.0. The Balaban J connectivity index is 2.01. The molecule has 0 aliphatic carbocycles. The Bertz CT molecular complexity index is 563. The molecule has 2 rings (SSSR count). The zero-order chi connectivity index (χ0) is 13.8. The third kappa shape index (κ3) is 3.54. The van der Waals surface area contributed by atoms with Crippen molar-refractivity contribution in [3.63, 3.8) is 0 Å². The molecule has 1 N–H and O–H groups in total. The van der Waals surface area contributed by atoms with E-state index in [0.29, 0.717) is 17.5 Å². The topological polar surface area (TPSA) is 77.2 Å². The van der Waals surface area contributed by atoms with Gasteiger partial charge in [-0.05, 0) is 38.1 Å². The van der Waals surface area contributed by atoms with Gasteiger partial charge >= 0.3 is 0 Å². The number of carbonyl (C=O) groups excluding carboxylic acids is 1. The number of rotatable bonds is 4. The Morgan fingerprint density at radius 2 is 2.05 bits per heavy atom. The Morgan fingerprint density at radius 3 is 2.58 bits per heavy atom. The number of ether oxygens (including phenoxy) is 1. The average molecular weight is 261 g/mol. The van der Waals surface area contributed by atoms with Crippen LogP contribution >= 0.6 is 0 Å². The van der Waals surface area contributed by atoms with Gasteiger partial charge in [-0.1, -0.05) is 5.16 Å². The Morgan fingerprint density at radius 1 is 1.37 bits per heavy atom. The molecular weight excluding hydrogens is 246 g/mol. The molecule has 0 aliphatic heterocycles. The molecule has 0 unspecified atom stereocenters. The highest BCUT2D eigenvalue weighted by Gasteiger charge is 2.14. The quantitative estimate of drug-likeness (QED) is 0.914. The molecule has 0 bridgehead atoms. The number of benzene rings is 1. The summed E-state index contributed by atoms with van der Waals surface area (Å²) >= 11 is 0. The van der Waals surface area contributed by atoms with Gasteiger partial charge in [-0.2, -0.15) is 4.98 Å². The maximum Gasteiger partial charge on any atom is 0.267 e. The first-order chi connectivity index (χ1) is 9.04. The summed E-state index contributed by atoms with van der Waals surface area (Å²) in [6.45, 7) is 5.04. The minimum Gasteiger partial charge on any atom is -0.481 e. The third-order valence-corrected chi connectivity index (χ3v) is 2.38. The van der Waals surface area contributed by atoms with E-state index in [1.807, 2.05) is 6.92 Å². The molecule has 6 heteroatoms. The molecule has 2 aromatic rings. The zero-order valence-corrected chi connectivity index (χ0v) is 11.0. The van der Waals surface area contributed by atoms with Crippen LogP contribution in [0.5, 0.6) is 5.75 Å². The van der Waals surface area contributed by atoms with Gasteiger partial charge in [0, 0.05) is 12.6 Å². The summed E-state index contributed by atoms with van der Waals surface area (Å²) in [5.41, 5.74) is 0.723. The second-order valence-electron chi connectivity index (χ2n) is 4.15. The van der Waals surface area contributed by atoms with Gasteiger partial charge in [0.25, 0.3) is 5.89 Å². The van der Waals surface area contributed by atoms with Crippen LogP contribution in [0, 0.1) is 6.92 Å². The predicted molar refractivity (Wildman–Crippen MR) is 68.8 cm³/mol. The van der Waals surface area contributed by atoms with Crippen LogP contribution in [-0.4, -0.2) is 16.0 Å². The molecule has 0 saturated heterocycles. The lowest BCUT2D eigenvalue weighted by molar-refractivity contribution is -0.114. The van der Waals surface area contributed by atoms with Crippen LogP contribution in [0.2, 0.25) is 0 Å². The average Bonchev–Trinajstić information content (AvgIpc) is 2.78. The lowest BCUT2D eigenvalue weighted by atomic mass is 10.3. The van der Waals surface area contributed by atoms with E-state index in [4.69, 9.17) is 9.26 Å². The van der Waals surface area contributed by atoms with Gasteiger partial charge in [0.05, 0.1) is 0 Å². The lowest BCUT2D eigenvalue weighted by Gasteiger charge is -2.11. The molecule has 0 aliphatic rings. The number of carbonyl (C=O) groups is 1. The van der Waals surface area contributed by atoms with Gasteiger partial charge in [-0.25, -0.2) is 0 Å². The molecule has 100 valence electrons. The number of hydrogen-bond acceptors (Lipinski definition) is 5.